The van der Waals surface area contributed by atoms with Gasteiger partial charge < -0.3 is 10.6 Å². The van der Waals surface area contributed by atoms with Crippen molar-refractivity contribution in [2.75, 3.05) is 26.2 Å². The quantitative estimate of drug-likeness (QED) is 0.710. The maximum atomic E-state index is 3.68. The molecule has 2 aliphatic rings. The molecule has 2 rings (SSSR count). The zero-order valence-electron chi connectivity index (χ0n) is 12.8. The second kappa shape index (κ2) is 5.50. The van der Waals surface area contributed by atoms with Gasteiger partial charge >= 0.3 is 0 Å². The van der Waals surface area contributed by atoms with Crippen molar-refractivity contribution in [2.24, 2.45) is 22.7 Å². The predicted octanol–water partition coefficient (Wildman–Crippen LogP) is 3.04. The van der Waals surface area contributed by atoms with E-state index in [0.717, 1.165) is 11.8 Å². The fourth-order valence-electron chi connectivity index (χ4n) is 3.78. The van der Waals surface area contributed by atoms with Gasteiger partial charge in [-0.05, 0) is 74.5 Å². The predicted molar refractivity (Wildman–Crippen MR) is 78.7 cm³/mol. The number of rotatable bonds is 6. The normalized spacial score (nSPS) is 30.3. The van der Waals surface area contributed by atoms with Crippen LogP contribution in [-0.4, -0.2) is 26.2 Å². The van der Waals surface area contributed by atoms with Crippen molar-refractivity contribution in [3.05, 3.63) is 0 Å². The van der Waals surface area contributed by atoms with Crippen molar-refractivity contribution in [1.82, 2.24) is 10.6 Å². The highest BCUT2D eigenvalue weighted by Crippen LogP contribution is 2.67. The molecule has 0 aromatic heterocycles. The Morgan fingerprint density at radius 3 is 2.44 bits per heavy atom. The summed E-state index contributed by atoms with van der Waals surface area (Å²) in [4.78, 5) is 0. The van der Waals surface area contributed by atoms with Gasteiger partial charge in [0, 0.05) is 0 Å². The van der Waals surface area contributed by atoms with Crippen molar-refractivity contribution >= 4 is 0 Å². The maximum absolute atomic E-state index is 3.68. The SMILES string of the molecule is CC1(C)C(CNCCCC2CCCNC2)C1(C)C. The molecule has 0 aromatic rings. The second-order valence-corrected chi connectivity index (χ2v) is 7.55. The molecule has 1 aliphatic heterocycles. The van der Waals surface area contributed by atoms with Crippen LogP contribution in [0.25, 0.3) is 0 Å². The molecular formula is C16H32N2. The standard InChI is InChI=1S/C16H32N2/c1-15(2)14(16(15,3)4)12-18-10-6-8-13-7-5-9-17-11-13/h13-14,17-18H,5-12H2,1-4H3. The smallest absolute Gasteiger partial charge is 0.000989 e. The van der Waals surface area contributed by atoms with Crippen molar-refractivity contribution in [3.63, 3.8) is 0 Å². The van der Waals surface area contributed by atoms with Crippen molar-refractivity contribution < 1.29 is 0 Å². The van der Waals surface area contributed by atoms with Crippen LogP contribution in [0.2, 0.25) is 0 Å². The van der Waals surface area contributed by atoms with Gasteiger partial charge in [0.25, 0.3) is 0 Å². The molecule has 0 aromatic carbocycles. The minimum absolute atomic E-state index is 0.535. The van der Waals surface area contributed by atoms with Crippen LogP contribution in [0.15, 0.2) is 0 Å². The molecule has 1 aliphatic carbocycles. The third-order valence-corrected chi connectivity index (χ3v) is 6.03. The first kappa shape index (κ1) is 14.3. The Hall–Kier alpha value is -0.0800. The summed E-state index contributed by atoms with van der Waals surface area (Å²) in [6, 6.07) is 0. The van der Waals surface area contributed by atoms with E-state index in [9.17, 15) is 0 Å². The molecule has 1 saturated carbocycles. The number of nitrogens with one attached hydrogen (secondary N) is 2. The van der Waals surface area contributed by atoms with Gasteiger partial charge in [-0.2, -0.15) is 0 Å². The summed E-state index contributed by atoms with van der Waals surface area (Å²) < 4.78 is 0. The third kappa shape index (κ3) is 2.91. The molecule has 18 heavy (non-hydrogen) atoms. The average Bonchev–Trinajstić information content (AvgIpc) is 2.72. The minimum Gasteiger partial charge on any atom is -0.316 e. The van der Waals surface area contributed by atoms with E-state index in [1.807, 2.05) is 0 Å². The summed E-state index contributed by atoms with van der Waals surface area (Å²) in [5.74, 6) is 1.80. The fraction of sp³-hybridized carbons (Fsp3) is 1.00. The Labute approximate surface area is 113 Å². The van der Waals surface area contributed by atoms with Crippen LogP contribution in [0.4, 0.5) is 0 Å². The third-order valence-electron chi connectivity index (χ3n) is 6.03. The maximum Gasteiger partial charge on any atom is -0.000989 e. The molecule has 1 saturated heterocycles. The van der Waals surface area contributed by atoms with Crippen LogP contribution < -0.4 is 10.6 Å². The lowest BCUT2D eigenvalue weighted by Gasteiger charge is -2.22. The van der Waals surface area contributed by atoms with Gasteiger partial charge in [0.1, 0.15) is 0 Å². The van der Waals surface area contributed by atoms with E-state index in [1.165, 1.54) is 51.9 Å². The molecule has 2 fully saturated rings. The molecule has 106 valence electrons. The number of hydrogen-bond donors (Lipinski definition) is 2. The average molecular weight is 252 g/mol. The summed E-state index contributed by atoms with van der Waals surface area (Å²) in [7, 11) is 0. The Balaban J connectivity index is 1.52. The molecule has 0 spiro atoms. The van der Waals surface area contributed by atoms with E-state index in [2.05, 4.69) is 38.3 Å². The number of piperidine rings is 1. The zero-order valence-corrected chi connectivity index (χ0v) is 12.8. The molecule has 1 atom stereocenters. The molecule has 2 heteroatoms. The lowest BCUT2D eigenvalue weighted by Crippen LogP contribution is -2.30. The molecule has 0 bridgehead atoms. The van der Waals surface area contributed by atoms with Crippen molar-refractivity contribution in [2.45, 2.75) is 53.4 Å². The molecule has 1 unspecified atom stereocenters. The second-order valence-electron chi connectivity index (χ2n) is 7.55. The van der Waals surface area contributed by atoms with Crippen LogP contribution in [0.3, 0.4) is 0 Å². The van der Waals surface area contributed by atoms with Gasteiger partial charge in [0.05, 0.1) is 0 Å². The van der Waals surface area contributed by atoms with E-state index < -0.39 is 0 Å². The summed E-state index contributed by atoms with van der Waals surface area (Å²) in [6.45, 7) is 14.5. The van der Waals surface area contributed by atoms with E-state index in [0.29, 0.717) is 10.8 Å². The van der Waals surface area contributed by atoms with Crippen LogP contribution in [0.1, 0.15) is 53.4 Å². The van der Waals surface area contributed by atoms with E-state index in [4.69, 9.17) is 0 Å². The largest absolute Gasteiger partial charge is 0.316 e. The summed E-state index contributed by atoms with van der Waals surface area (Å²) in [6.07, 6.45) is 5.57. The van der Waals surface area contributed by atoms with Gasteiger partial charge in [0.15, 0.2) is 0 Å². The highest BCUT2D eigenvalue weighted by molar-refractivity contribution is 5.12. The van der Waals surface area contributed by atoms with E-state index >= 15 is 0 Å². The van der Waals surface area contributed by atoms with Gasteiger partial charge in [-0.15, -0.1) is 0 Å². The summed E-state index contributed by atoms with van der Waals surface area (Å²) in [5, 5.41) is 7.18. The Morgan fingerprint density at radius 1 is 1.17 bits per heavy atom. The summed E-state index contributed by atoms with van der Waals surface area (Å²) in [5.41, 5.74) is 1.07. The lowest BCUT2D eigenvalue weighted by atomic mass is 9.95. The first-order valence-corrected chi connectivity index (χ1v) is 7.87. The number of hydrogen-bond acceptors (Lipinski definition) is 2. The topological polar surface area (TPSA) is 24.1 Å². The van der Waals surface area contributed by atoms with Crippen LogP contribution in [0.5, 0.6) is 0 Å². The Kier molecular flexibility index (Phi) is 4.38. The molecule has 0 amide bonds. The lowest BCUT2D eigenvalue weighted by molar-refractivity contribution is 0.347. The van der Waals surface area contributed by atoms with Crippen molar-refractivity contribution in [1.29, 1.82) is 0 Å². The first-order chi connectivity index (χ1) is 8.46. The Bertz CT molecular complexity index is 250. The fourth-order valence-corrected chi connectivity index (χ4v) is 3.78. The zero-order chi connectivity index (χ0) is 13.2. The Morgan fingerprint density at radius 2 is 1.89 bits per heavy atom. The molecule has 0 radical (unpaired) electrons. The molecule has 2 nitrogen and oxygen atoms in total. The van der Waals surface area contributed by atoms with E-state index in [1.54, 1.807) is 0 Å². The van der Waals surface area contributed by atoms with Crippen molar-refractivity contribution in [3.8, 4) is 0 Å². The first-order valence-electron chi connectivity index (χ1n) is 7.87. The molecule has 1 heterocycles. The van der Waals surface area contributed by atoms with E-state index in [-0.39, 0.29) is 0 Å². The van der Waals surface area contributed by atoms with Crippen LogP contribution in [-0.2, 0) is 0 Å². The monoisotopic (exact) mass is 252 g/mol. The molecule has 2 N–H and O–H groups in total. The van der Waals surface area contributed by atoms with Gasteiger partial charge in [-0.3, -0.25) is 0 Å². The van der Waals surface area contributed by atoms with Crippen LogP contribution >= 0.6 is 0 Å². The van der Waals surface area contributed by atoms with Gasteiger partial charge in [-0.25, -0.2) is 0 Å². The molecular weight excluding hydrogens is 220 g/mol. The van der Waals surface area contributed by atoms with Gasteiger partial charge in [0.2, 0.25) is 0 Å². The van der Waals surface area contributed by atoms with Gasteiger partial charge in [-0.1, -0.05) is 27.7 Å². The summed E-state index contributed by atoms with van der Waals surface area (Å²) >= 11 is 0. The van der Waals surface area contributed by atoms with Crippen LogP contribution in [0, 0.1) is 22.7 Å². The minimum atomic E-state index is 0.535. The highest BCUT2D eigenvalue weighted by Gasteiger charge is 2.63. The highest BCUT2D eigenvalue weighted by atomic mass is 14.9.